The third-order valence-electron chi connectivity index (χ3n) is 3.51. The number of allylic oxidation sites excluding steroid dienone is 1. The zero-order valence-electron chi connectivity index (χ0n) is 7.72. The quantitative estimate of drug-likeness (QED) is 0.574. The highest BCUT2D eigenvalue weighted by Crippen LogP contribution is 2.49. The topological polar surface area (TPSA) is 20.2 Å². The van der Waals surface area contributed by atoms with Crippen LogP contribution in [0.5, 0.6) is 0 Å². The monoisotopic (exact) mass is 154 g/mol. The van der Waals surface area contributed by atoms with E-state index in [9.17, 15) is 0 Å². The minimum Gasteiger partial charge on any atom is -0.396 e. The maximum absolute atomic E-state index is 9.10. The molecule has 0 amide bonds. The molecule has 0 heterocycles. The van der Waals surface area contributed by atoms with Crippen molar-refractivity contribution in [1.29, 1.82) is 0 Å². The smallest absolute Gasteiger partial charge is 0.0467 e. The molecule has 0 aromatic rings. The minimum absolute atomic E-state index is 0.242. The van der Waals surface area contributed by atoms with Crippen molar-refractivity contribution in [2.45, 2.75) is 27.2 Å². The first-order chi connectivity index (χ1) is 5.00. The van der Waals surface area contributed by atoms with Crippen molar-refractivity contribution in [3.63, 3.8) is 0 Å². The van der Waals surface area contributed by atoms with Crippen LogP contribution in [0.1, 0.15) is 27.2 Å². The van der Waals surface area contributed by atoms with Gasteiger partial charge in [0.25, 0.3) is 0 Å². The molecule has 0 spiro atoms. The predicted octanol–water partition coefficient (Wildman–Crippen LogP) is 2.22. The molecule has 0 bridgehead atoms. The molecule has 1 aliphatic carbocycles. The van der Waals surface area contributed by atoms with Crippen molar-refractivity contribution < 1.29 is 5.11 Å². The van der Waals surface area contributed by atoms with Crippen LogP contribution >= 0.6 is 0 Å². The fourth-order valence-electron chi connectivity index (χ4n) is 1.94. The van der Waals surface area contributed by atoms with Gasteiger partial charge in [-0.15, -0.1) is 0 Å². The highest BCUT2D eigenvalue weighted by molar-refractivity contribution is 5.14. The molecule has 11 heavy (non-hydrogen) atoms. The molecule has 0 aromatic heterocycles. The van der Waals surface area contributed by atoms with E-state index in [0.717, 1.165) is 6.42 Å². The number of hydrogen-bond acceptors (Lipinski definition) is 1. The van der Waals surface area contributed by atoms with Gasteiger partial charge in [0.2, 0.25) is 0 Å². The second kappa shape index (κ2) is 2.63. The molecular weight excluding hydrogens is 136 g/mol. The molecule has 1 saturated carbocycles. The first-order valence-corrected chi connectivity index (χ1v) is 4.28. The first kappa shape index (κ1) is 8.79. The number of aliphatic hydroxyl groups is 1. The molecule has 1 N–H and O–H groups in total. The Morgan fingerprint density at radius 1 is 1.64 bits per heavy atom. The molecule has 1 nitrogen and oxygen atoms in total. The SMILES string of the molecule is C=C1C[C@H](CO)C(C)(C)[C@@H]1C. The first-order valence-electron chi connectivity index (χ1n) is 4.28. The summed E-state index contributed by atoms with van der Waals surface area (Å²) in [6, 6.07) is 0. The van der Waals surface area contributed by atoms with E-state index in [1.807, 2.05) is 0 Å². The van der Waals surface area contributed by atoms with Crippen molar-refractivity contribution in [2.24, 2.45) is 17.3 Å². The van der Waals surface area contributed by atoms with Crippen molar-refractivity contribution in [2.75, 3.05) is 6.61 Å². The highest BCUT2D eigenvalue weighted by Gasteiger charge is 2.41. The summed E-state index contributed by atoms with van der Waals surface area (Å²) in [4.78, 5) is 0. The zero-order valence-corrected chi connectivity index (χ0v) is 7.72. The molecule has 1 aliphatic rings. The van der Waals surface area contributed by atoms with Crippen LogP contribution in [0.3, 0.4) is 0 Å². The number of rotatable bonds is 1. The van der Waals surface area contributed by atoms with Crippen molar-refractivity contribution in [1.82, 2.24) is 0 Å². The average Bonchev–Trinajstić information content (AvgIpc) is 2.13. The van der Waals surface area contributed by atoms with Gasteiger partial charge in [-0.3, -0.25) is 0 Å². The molecule has 0 radical (unpaired) electrons. The Morgan fingerprint density at radius 3 is 2.36 bits per heavy atom. The third kappa shape index (κ3) is 1.22. The van der Waals surface area contributed by atoms with Crippen molar-refractivity contribution in [3.8, 4) is 0 Å². The molecule has 1 fully saturated rings. The lowest BCUT2D eigenvalue weighted by Gasteiger charge is -2.29. The standard InChI is InChI=1S/C10H18O/c1-7-5-9(6-11)10(3,4)8(7)2/h8-9,11H,1,5-6H2,2-4H3/t8-,9-/m1/s1. The van der Waals surface area contributed by atoms with E-state index in [0.29, 0.717) is 18.4 Å². The van der Waals surface area contributed by atoms with Crippen LogP contribution in [0.25, 0.3) is 0 Å². The van der Waals surface area contributed by atoms with Gasteiger partial charge in [-0.1, -0.05) is 32.9 Å². The van der Waals surface area contributed by atoms with E-state index < -0.39 is 0 Å². The second-order valence-corrected chi connectivity index (χ2v) is 4.28. The molecular formula is C10H18O. The van der Waals surface area contributed by atoms with Crippen molar-refractivity contribution in [3.05, 3.63) is 12.2 Å². The van der Waals surface area contributed by atoms with E-state index in [4.69, 9.17) is 5.11 Å². The Kier molecular flexibility index (Phi) is 2.10. The molecule has 2 atom stereocenters. The van der Waals surface area contributed by atoms with Gasteiger partial charge in [-0.2, -0.15) is 0 Å². The summed E-state index contributed by atoms with van der Waals surface area (Å²) in [6.45, 7) is 11.0. The van der Waals surface area contributed by atoms with E-state index >= 15 is 0 Å². The summed E-state index contributed by atoms with van der Waals surface area (Å²) in [5.41, 5.74) is 1.54. The summed E-state index contributed by atoms with van der Waals surface area (Å²) in [5.74, 6) is 0.977. The molecule has 1 rings (SSSR count). The third-order valence-corrected chi connectivity index (χ3v) is 3.51. The lowest BCUT2D eigenvalue weighted by Crippen LogP contribution is -2.25. The molecule has 0 unspecified atom stereocenters. The van der Waals surface area contributed by atoms with Crippen molar-refractivity contribution >= 4 is 0 Å². The lowest BCUT2D eigenvalue weighted by molar-refractivity contribution is 0.121. The Bertz CT molecular complexity index is 170. The van der Waals surface area contributed by atoms with Gasteiger partial charge in [0.15, 0.2) is 0 Å². The molecule has 0 saturated heterocycles. The largest absolute Gasteiger partial charge is 0.396 e. The molecule has 64 valence electrons. The fraction of sp³-hybridized carbons (Fsp3) is 0.800. The van der Waals surface area contributed by atoms with E-state index in [1.54, 1.807) is 0 Å². The summed E-state index contributed by atoms with van der Waals surface area (Å²) in [5, 5.41) is 9.10. The Labute approximate surface area is 69.1 Å². The van der Waals surface area contributed by atoms with E-state index in [1.165, 1.54) is 5.57 Å². The zero-order chi connectivity index (χ0) is 8.65. The maximum Gasteiger partial charge on any atom is 0.0467 e. The maximum atomic E-state index is 9.10. The summed E-state index contributed by atoms with van der Waals surface area (Å²) in [6.07, 6.45) is 1.00. The molecule has 1 heteroatoms. The number of aliphatic hydroxyl groups excluding tert-OH is 1. The van der Waals surface area contributed by atoms with E-state index in [2.05, 4.69) is 27.4 Å². The van der Waals surface area contributed by atoms with Gasteiger partial charge < -0.3 is 5.11 Å². The van der Waals surface area contributed by atoms with E-state index in [-0.39, 0.29) is 5.41 Å². The second-order valence-electron chi connectivity index (χ2n) is 4.28. The Hall–Kier alpha value is -0.300. The Morgan fingerprint density at radius 2 is 2.18 bits per heavy atom. The van der Waals surface area contributed by atoms with Crippen LogP contribution in [0.4, 0.5) is 0 Å². The highest BCUT2D eigenvalue weighted by atomic mass is 16.3. The van der Waals surface area contributed by atoms with Crippen LogP contribution < -0.4 is 0 Å². The Balaban J connectivity index is 2.82. The normalized spacial score (nSPS) is 36.2. The van der Waals surface area contributed by atoms with Gasteiger partial charge in [0.1, 0.15) is 0 Å². The van der Waals surface area contributed by atoms with Crippen LogP contribution in [0.2, 0.25) is 0 Å². The van der Waals surface area contributed by atoms with Crippen LogP contribution in [-0.4, -0.2) is 11.7 Å². The lowest BCUT2D eigenvalue weighted by atomic mass is 9.76. The summed E-state index contributed by atoms with van der Waals surface area (Å²) in [7, 11) is 0. The van der Waals surface area contributed by atoms with Gasteiger partial charge in [0, 0.05) is 6.61 Å². The number of hydrogen-bond donors (Lipinski definition) is 1. The van der Waals surface area contributed by atoms with Gasteiger partial charge in [-0.05, 0) is 23.7 Å². The van der Waals surface area contributed by atoms with Gasteiger partial charge >= 0.3 is 0 Å². The summed E-state index contributed by atoms with van der Waals surface area (Å²) >= 11 is 0. The van der Waals surface area contributed by atoms with Gasteiger partial charge in [-0.25, -0.2) is 0 Å². The van der Waals surface area contributed by atoms with Crippen LogP contribution in [0, 0.1) is 17.3 Å². The fourth-order valence-corrected chi connectivity index (χ4v) is 1.94. The molecule has 0 aromatic carbocycles. The average molecular weight is 154 g/mol. The van der Waals surface area contributed by atoms with Crippen LogP contribution in [-0.2, 0) is 0 Å². The van der Waals surface area contributed by atoms with Crippen LogP contribution in [0.15, 0.2) is 12.2 Å². The minimum atomic E-state index is 0.242. The van der Waals surface area contributed by atoms with Gasteiger partial charge in [0.05, 0.1) is 0 Å². The predicted molar refractivity (Wildman–Crippen MR) is 47.3 cm³/mol. The summed E-state index contributed by atoms with van der Waals surface area (Å²) < 4.78 is 0. The molecule has 0 aliphatic heterocycles.